The molecule has 1 aromatic rings. The summed E-state index contributed by atoms with van der Waals surface area (Å²) >= 11 is 0. The van der Waals surface area contributed by atoms with Crippen molar-refractivity contribution in [1.29, 1.82) is 0 Å². The van der Waals surface area contributed by atoms with E-state index in [4.69, 9.17) is 10.8 Å². The van der Waals surface area contributed by atoms with Crippen molar-refractivity contribution < 1.29 is 14.7 Å². The monoisotopic (exact) mass is 292 g/mol. The molecule has 0 aliphatic carbocycles. The molecule has 1 amide bonds. The van der Waals surface area contributed by atoms with Crippen LogP contribution >= 0.6 is 0 Å². The van der Waals surface area contributed by atoms with Gasteiger partial charge in [0.05, 0.1) is 6.04 Å². The third-order valence-corrected chi connectivity index (χ3v) is 3.40. The number of carbonyl (C=O) groups excluding carboxylic acids is 1. The van der Waals surface area contributed by atoms with E-state index in [9.17, 15) is 9.59 Å². The minimum atomic E-state index is -0.812. The van der Waals surface area contributed by atoms with Crippen LogP contribution in [0, 0.1) is 5.92 Å². The zero-order valence-corrected chi connectivity index (χ0v) is 12.4. The molecule has 2 unspecified atom stereocenters. The fourth-order valence-electron chi connectivity index (χ4n) is 1.98. The number of amides is 1. The fraction of sp³-hybridized carbons (Fsp3) is 0.500. The number of nitrogens with one attached hydrogen (secondary N) is 1. The van der Waals surface area contributed by atoms with Crippen LogP contribution in [0.1, 0.15) is 31.7 Å². The number of hydrogen-bond donors (Lipinski definition) is 3. The van der Waals surface area contributed by atoms with Gasteiger partial charge in [0.25, 0.3) is 0 Å². The van der Waals surface area contributed by atoms with Gasteiger partial charge in [0, 0.05) is 13.0 Å². The minimum absolute atomic E-state index is 0.122. The molecule has 0 aromatic heterocycles. The number of rotatable bonds is 9. The lowest BCUT2D eigenvalue weighted by atomic mass is 10.0. The molecule has 5 nitrogen and oxygen atoms in total. The number of carbonyl (C=O) groups is 2. The first-order chi connectivity index (χ1) is 9.99. The molecule has 21 heavy (non-hydrogen) atoms. The van der Waals surface area contributed by atoms with Crippen molar-refractivity contribution in [2.45, 2.75) is 38.6 Å². The Labute approximate surface area is 125 Å². The molecule has 0 spiro atoms. The molecule has 2 atom stereocenters. The van der Waals surface area contributed by atoms with Gasteiger partial charge in [-0.1, -0.05) is 37.3 Å². The van der Waals surface area contributed by atoms with E-state index in [0.29, 0.717) is 19.4 Å². The SMILES string of the molecule is CC(CCC(=O)O)CNC(=O)C(N)CCc1ccccc1. The van der Waals surface area contributed by atoms with Crippen molar-refractivity contribution in [3.63, 3.8) is 0 Å². The Kier molecular flexibility index (Phi) is 7.46. The standard InChI is InChI=1S/C16H24N2O3/c1-12(7-10-15(19)20)11-18-16(21)14(17)9-8-13-5-3-2-4-6-13/h2-6,12,14H,7-11,17H2,1H3,(H,18,21)(H,19,20). The van der Waals surface area contributed by atoms with E-state index in [1.807, 2.05) is 37.3 Å². The van der Waals surface area contributed by atoms with Gasteiger partial charge in [-0.25, -0.2) is 0 Å². The molecule has 4 N–H and O–H groups in total. The Morgan fingerprint density at radius 3 is 2.52 bits per heavy atom. The van der Waals surface area contributed by atoms with Crippen molar-refractivity contribution >= 4 is 11.9 Å². The Hall–Kier alpha value is -1.88. The maximum Gasteiger partial charge on any atom is 0.303 e. The van der Waals surface area contributed by atoms with Gasteiger partial charge in [-0.15, -0.1) is 0 Å². The largest absolute Gasteiger partial charge is 0.481 e. The molecule has 0 radical (unpaired) electrons. The number of benzene rings is 1. The summed E-state index contributed by atoms with van der Waals surface area (Å²) in [5.74, 6) is -0.854. The highest BCUT2D eigenvalue weighted by Gasteiger charge is 2.14. The van der Waals surface area contributed by atoms with Gasteiger partial charge in [-0.2, -0.15) is 0 Å². The summed E-state index contributed by atoms with van der Waals surface area (Å²) in [5.41, 5.74) is 7.03. The average molecular weight is 292 g/mol. The maximum absolute atomic E-state index is 11.9. The van der Waals surface area contributed by atoms with Crippen LogP contribution in [0.4, 0.5) is 0 Å². The van der Waals surface area contributed by atoms with Gasteiger partial charge in [0.15, 0.2) is 0 Å². The number of aryl methyl sites for hydroxylation is 1. The number of aliphatic carboxylic acids is 1. The van der Waals surface area contributed by atoms with E-state index in [1.165, 1.54) is 0 Å². The van der Waals surface area contributed by atoms with E-state index < -0.39 is 12.0 Å². The molecular formula is C16H24N2O3. The molecule has 1 rings (SSSR count). The second-order valence-corrected chi connectivity index (χ2v) is 5.41. The van der Waals surface area contributed by atoms with Crippen LogP contribution < -0.4 is 11.1 Å². The van der Waals surface area contributed by atoms with Crippen LogP contribution in [0.5, 0.6) is 0 Å². The Morgan fingerprint density at radius 2 is 1.90 bits per heavy atom. The third kappa shape index (κ3) is 7.46. The molecule has 0 aliphatic rings. The first-order valence-electron chi connectivity index (χ1n) is 7.28. The van der Waals surface area contributed by atoms with E-state index in [2.05, 4.69) is 5.32 Å². The predicted molar refractivity (Wildman–Crippen MR) is 81.8 cm³/mol. The van der Waals surface area contributed by atoms with Gasteiger partial charge in [-0.05, 0) is 30.7 Å². The summed E-state index contributed by atoms with van der Waals surface area (Å²) < 4.78 is 0. The molecular weight excluding hydrogens is 268 g/mol. The normalized spacial score (nSPS) is 13.4. The average Bonchev–Trinajstić information content (AvgIpc) is 2.49. The van der Waals surface area contributed by atoms with Gasteiger partial charge >= 0.3 is 5.97 Å². The number of hydrogen-bond acceptors (Lipinski definition) is 3. The highest BCUT2D eigenvalue weighted by molar-refractivity contribution is 5.81. The van der Waals surface area contributed by atoms with E-state index in [1.54, 1.807) is 0 Å². The number of carboxylic acid groups (broad SMARTS) is 1. The van der Waals surface area contributed by atoms with Crippen molar-refractivity contribution in [3.05, 3.63) is 35.9 Å². The smallest absolute Gasteiger partial charge is 0.303 e. The molecule has 0 saturated heterocycles. The second kappa shape index (κ2) is 9.13. The highest BCUT2D eigenvalue weighted by Crippen LogP contribution is 2.06. The predicted octanol–water partition coefficient (Wildman–Crippen LogP) is 1.56. The summed E-state index contributed by atoms with van der Waals surface area (Å²) in [7, 11) is 0. The van der Waals surface area contributed by atoms with E-state index in [-0.39, 0.29) is 18.2 Å². The van der Waals surface area contributed by atoms with Gasteiger partial charge in [-0.3, -0.25) is 9.59 Å². The third-order valence-electron chi connectivity index (χ3n) is 3.40. The molecule has 0 heterocycles. The van der Waals surface area contributed by atoms with Gasteiger partial charge in [0.1, 0.15) is 0 Å². The van der Waals surface area contributed by atoms with Crippen LogP contribution in [0.15, 0.2) is 30.3 Å². The molecule has 116 valence electrons. The highest BCUT2D eigenvalue weighted by atomic mass is 16.4. The van der Waals surface area contributed by atoms with Crippen LogP contribution in [-0.4, -0.2) is 29.6 Å². The first-order valence-corrected chi connectivity index (χ1v) is 7.28. The van der Waals surface area contributed by atoms with Crippen LogP contribution in [-0.2, 0) is 16.0 Å². The Bertz CT molecular complexity index is 448. The van der Waals surface area contributed by atoms with Crippen LogP contribution in [0.2, 0.25) is 0 Å². The topological polar surface area (TPSA) is 92.4 Å². The minimum Gasteiger partial charge on any atom is -0.481 e. The maximum atomic E-state index is 11.9. The lowest BCUT2D eigenvalue weighted by molar-refractivity contribution is -0.137. The quantitative estimate of drug-likeness (QED) is 0.644. The molecule has 0 aliphatic heterocycles. The molecule has 0 fully saturated rings. The lowest BCUT2D eigenvalue weighted by Gasteiger charge is -2.15. The molecule has 1 aromatic carbocycles. The summed E-state index contributed by atoms with van der Waals surface area (Å²) in [6.45, 7) is 2.38. The zero-order valence-electron chi connectivity index (χ0n) is 12.4. The second-order valence-electron chi connectivity index (χ2n) is 5.41. The first kappa shape index (κ1) is 17.2. The fourth-order valence-corrected chi connectivity index (χ4v) is 1.98. The zero-order chi connectivity index (χ0) is 15.7. The van der Waals surface area contributed by atoms with Gasteiger partial charge < -0.3 is 16.2 Å². The van der Waals surface area contributed by atoms with E-state index >= 15 is 0 Å². The van der Waals surface area contributed by atoms with Crippen molar-refractivity contribution in [3.8, 4) is 0 Å². The summed E-state index contributed by atoms with van der Waals surface area (Å²) in [6.07, 6.45) is 2.04. The molecule has 5 heteroatoms. The van der Waals surface area contributed by atoms with Crippen molar-refractivity contribution in [2.24, 2.45) is 11.7 Å². The van der Waals surface area contributed by atoms with E-state index in [0.717, 1.165) is 12.0 Å². The number of nitrogens with two attached hydrogens (primary N) is 1. The Morgan fingerprint density at radius 1 is 1.24 bits per heavy atom. The van der Waals surface area contributed by atoms with Crippen molar-refractivity contribution in [1.82, 2.24) is 5.32 Å². The Balaban J connectivity index is 2.23. The van der Waals surface area contributed by atoms with Crippen LogP contribution in [0.3, 0.4) is 0 Å². The molecule has 0 saturated carbocycles. The van der Waals surface area contributed by atoms with Crippen LogP contribution in [0.25, 0.3) is 0 Å². The summed E-state index contributed by atoms with van der Waals surface area (Å²) in [6, 6.07) is 9.37. The molecule has 0 bridgehead atoms. The van der Waals surface area contributed by atoms with Gasteiger partial charge in [0.2, 0.25) is 5.91 Å². The summed E-state index contributed by atoms with van der Waals surface area (Å²) in [5, 5.41) is 11.4. The lowest BCUT2D eigenvalue weighted by Crippen LogP contribution is -2.42. The number of carboxylic acids is 1. The van der Waals surface area contributed by atoms with Crippen molar-refractivity contribution in [2.75, 3.05) is 6.54 Å². The summed E-state index contributed by atoms with van der Waals surface area (Å²) in [4.78, 5) is 22.3.